The van der Waals surface area contributed by atoms with Gasteiger partial charge in [0.05, 0.1) is 0 Å². The highest BCUT2D eigenvalue weighted by Crippen LogP contribution is 2.16. The quantitative estimate of drug-likeness (QED) is 0.872. The summed E-state index contributed by atoms with van der Waals surface area (Å²) in [5.41, 5.74) is 2.27. The van der Waals surface area contributed by atoms with Crippen LogP contribution < -0.4 is 5.32 Å². The molecule has 2 saturated heterocycles. The zero-order chi connectivity index (χ0) is 16.4. The summed E-state index contributed by atoms with van der Waals surface area (Å²) < 4.78 is 0. The minimum atomic E-state index is -0.188. The molecule has 2 fully saturated rings. The van der Waals surface area contributed by atoms with Crippen molar-refractivity contribution < 1.29 is 9.59 Å². The topological polar surface area (TPSA) is 55.9 Å². The molecule has 124 valence electrons. The first-order valence-electron chi connectivity index (χ1n) is 8.12. The Morgan fingerprint density at radius 1 is 1.26 bits per heavy atom. The van der Waals surface area contributed by atoms with Gasteiger partial charge in [-0.2, -0.15) is 0 Å². The van der Waals surface area contributed by atoms with Crippen molar-refractivity contribution in [3.05, 3.63) is 35.4 Å². The van der Waals surface area contributed by atoms with Gasteiger partial charge in [-0.25, -0.2) is 4.79 Å². The first kappa shape index (κ1) is 15.8. The number of nitrogens with one attached hydrogen (secondary N) is 1. The number of carbonyl (C=O) groups is 2. The molecule has 0 aromatic heterocycles. The van der Waals surface area contributed by atoms with Crippen LogP contribution in [0.15, 0.2) is 24.3 Å². The highest BCUT2D eigenvalue weighted by atomic mass is 16.2. The van der Waals surface area contributed by atoms with Crippen molar-refractivity contribution in [2.24, 2.45) is 0 Å². The normalized spacial score (nSPS) is 22.0. The highest BCUT2D eigenvalue weighted by molar-refractivity contribution is 5.84. The summed E-state index contributed by atoms with van der Waals surface area (Å²) in [5.74, 6) is 0.118. The van der Waals surface area contributed by atoms with Crippen molar-refractivity contribution in [3.63, 3.8) is 0 Å². The molecule has 0 aliphatic carbocycles. The molecule has 6 nitrogen and oxygen atoms in total. The summed E-state index contributed by atoms with van der Waals surface area (Å²) in [6.45, 7) is 6.13. The van der Waals surface area contributed by atoms with Gasteiger partial charge in [-0.3, -0.25) is 9.69 Å². The van der Waals surface area contributed by atoms with E-state index in [4.69, 9.17) is 0 Å². The lowest BCUT2D eigenvalue weighted by molar-refractivity contribution is -0.142. The average molecular weight is 316 g/mol. The van der Waals surface area contributed by atoms with E-state index in [0.29, 0.717) is 19.6 Å². The number of rotatable bonds is 2. The minimum absolute atomic E-state index is 0.0906. The van der Waals surface area contributed by atoms with Crippen molar-refractivity contribution >= 4 is 11.9 Å². The fourth-order valence-corrected chi connectivity index (χ4v) is 3.26. The number of fused-ring (bicyclic) bond motifs is 1. The summed E-state index contributed by atoms with van der Waals surface area (Å²) in [6.07, 6.45) is 0. The van der Waals surface area contributed by atoms with Gasteiger partial charge in [0.1, 0.15) is 6.04 Å². The Bertz CT molecular complexity index is 604. The van der Waals surface area contributed by atoms with Crippen LogP contribution in [-0.2, 0) is 11.3 Å². The molecule has 1 aromatic carbocycles. The standard InChI is InChI=1S/C17H24N4O2/c1-13-4-3-5-14(10-13)11-18-17(23)21-9-8-20-7-6-19(2)16(22)15(20)12-21/h3-5,10,15H,6-9,11-12H2,1-2H3,(H,18,23)/t15-/m0/s1. The fourth-order valence-electron chi connectivity index (χ4n) is 3.26. The Labute approximate surface area is 137 Å². The van der Waals surface area contributed by atoms with Gasteiger partial charge in [0.2, 0.25) is 5.91 Å². The van der Waals surface area contributed by atoms with E-state index in [2.05, 4.69) is 16.3 Å². The molecule has 0 unspecified atom stereocenters. The molecule has 2 aliphatic rings. The van der Waals surface area contributed by atoms with Crippen LogP contribution in [0.3, 0.4) is 0 Å². The smallest absolute Gasteiger partial charge is 0.317 e. The number of hydrogen-bond acceptors (Lipinski definition) is 3. The lowest BCUT2D eigenvalue weighted by Crippen LogP contribution is -2.65. The Morgan fingerprint density at radius 3 is 2.83 bits per heavy atom. The third-order valence-corrected chi connectivity index (χ3v) is 4.69. The number of aryl methyl sites for hydroxylation is 1. The number of carbonyl (C=O) groups excluding carboxylic acids is 2. The number of benzene rings is 1. The number of hydrogen-bond donors (Lipinski definition) is 1. The van der Waals surface area contributed by atoms with Crippen LogP contribution in [0.4, 0.5) is 4.79 Å². The predicted molar refractivity (Wildman–Crippen MR) is 88.0 cm³/mol. The lowest BCUT2D eigenvalue weighted by Gasteiger charge is -2.45. The van der Waals surface area contributed by atoms with E-state index < -0.39 is 0 Å². The molecule has 23 heavy (non-hydrogen) atoms. The Balaban J connectivity index is 1.57. The molecule has 2 heterocycles. The van der Waals surface area contributed by atoms with E-state index in [1.54, 1.807) is 9.80 Å². The molecular weight excluding hydrogens is 292 g/mol. The molecule has 6 heteroatoms. The monoisotopic (exact) mass is 316 g/mol. The Morgan fingerprint density at radius 2 is 2.04 bits per heavy atom. The van der Waals surface area contributed by atoms with Crippen LogP contribution >= 0.6 is 0 Å². The molecule has 1 atom stereocenters. The van der Waals surface area contributed by atoms with E-state index in [1.165, 1.54) is 5.56 Å². The van der Waals surface area contributed by atoms with Crippen LogP contribution in [0.25, 0.3) is 0 Å². The van der Waals surface area contributed by atoms with E-state index >= 15 is 0 Å². The molecule has 0 spiro atoms. The van der Waals surface area contributed by atoms with Crippen LogP contribution in [0.2, 0.25) is 0 Å². The number of urea groups is 1. The molecule has 0 bridgehead atoms. The maximum absolute atomic E-state index is 12.4. The fraction of sp³-hybridized carbons (Fsp3) is 0.529. The number of amides is 3. The maximum atomic E-state index is 12.4. The summed E-state index contributed by atoms with van der Waals surface area (Å²) in [5, 5.41) is 2.96. The number of nitrogens with zero attached hydrogens (tertiary/aromatic N) is 3. The van der Waals surface area contributed by atoms with E-state index in [9.17, 15) is 9.59 Å². The highest BCUT2D eigenvalue weighted by Gasteiger charge is 2.38. The van der Waals surface area contributed by atoms with Gasteiger partial charge in [-0.15, -0.1) is 0 Å². The van der Waals surface area contributed by atoms with E-state index in [1.807, 2.05) is 32.2 Å². The van der Waals surface area contributed by atoms with E-state index in [0.717, 1.165) is 25.2 Å². The largest absolute Gasteiger partial charge is 0.343 e. The molecule has 0 radical (unpaired) electrons. The second-order valence-corrected chi connectivity index (χ2v) is 6.41. The van der Waals surface area contributed by atoms with Crippen molar-refractivity contribution in [1.82, 2.24) is 20.0 Å². The maximum Gasteiger partial charge on any atom is 0.317 e. The van der Waals surface area contributed by atoms with Crippen LogP contribution in [0, 0.1) is 6.92 Å². The molecule has 0 saturated carbocycles. The Hall–Kier alpha value is -2.08. The third-order valence-electron chi connectivity index (χ3n) is 4.69. The SMILES string of the molecule is Cc1cccc(CNC(=O)N2CCN3CCN(C)C(=O)[C@@H]3C2)c1. The molecule has 1 aromatic rings. The van der Waals surface area contributed by atoms with Gasteiger partial charge in [0.25, 0.3) is 0 Å². The second-order valence-electron chi connectivity index (χ2n) is 6.41. The molecule has 3 amide bonds. The number of likely N-dealkylation sites (N-methyl/N-ethyl adjacent to an activating group) is 1. The van der Waals surface area contributed by atoms with Crippen LogP contribution in [-0.4, -0.2) is 72.5 Å². The third kappa shape index (κ3) is 3.47. The van der Waals surface area contributed by atoms with Gasteiger partial charge in [-0.1, -0.05) is 29.8 Å². The van der Waals surface area contributed by atoms with Crippen molar-refractivity contribution in [2.75, 3.05) is 39.8 Å². The van der Waals surface area contributed by atoms with Gasteiger partial charge in [-0.05, 0) is 12.5 Å². The minimum Gasteiger partial charge on any atom is -0.343 e. The Kier molecular flexibility index (Phi) is 4.52. The predicted octanol–water partition coefficient (Wildman–Crippen LogP) is 0.663. The summed E-state index contributed by atoms with van der Waals surface area (Å²) in [6, 6.07) is 7.82. The summed E-state index contributed by atoms with van der Waals surface area (Å²) in [7, 11) is 1.83. The number of piperazine rings is 2. The summed E-state index contributed by atoms with van der Waals surface area (Å²) >= 11 is 0. The van der Waals surface area contributed by atoms with Gasteiger partial charge >= 0.3 is 6.03 Å². The van der Waals surface area contributed by atoms with Gasteiger partial charge < -0.3 is 15.1 Å². The zero-order valence-electron chi connectivity index (χ0n) is 13.8. The molecular formula is C17H24N4O2. The first-order valence-corrected chi connectivity index (χ1v) is 8.12. The zero-order valence-corrected chi connectivity index (χ0v) is 13.8. The van der Waals surface area contributed by atoms with Crippen molar-refractivity contribution in [3.8, 4) is 0 Å². The first-order chi connectivity index (χ1) is 11.0. The van der Waals surface area contributed by atoms with Crippen LogP contribution in [0.1, 0.15) is 11.1 Å². The van der Waals surface area contributed by atoms with Crippen molar-refractivity contribution in [2.45, 2.75) is 19.5 Å². The second kappa shape index (κ2) is 6.58. The van der Waals surface area contributed by atoms with E-state index in [-0.39, 0.29) is 18.0 Å². The average Bonchev–Trinajstić information content (AvgIpc) is 2.56. The van der Waals surface area contributed by atoms with Gasteiger partial charge in [0.15, 0.2) is 0 Å². The summed E-state index contributed by atoms with van der Waals surface area (Å²) in [4.78, 5) is 30.4. The van der Waals surface area contributed by atoms with Crippen molar-refractivity contribution in [1.29, 1.82) is 0 Å². The molecule has 3 rings (SSSR count). The van der Waals surface area contributed by atoms with Crippen LogP contribution in [0.5, 0.6) is 0 Å². The molecule has 1 N–H and O–H groups in total. The molecule has 2 aliphatic heterocycles. The lowest BCUT2D eigenvalue weighted by atomic mass is 10.1. The van der Waals surface area contributed by atoms with Gasteiger partial charge in [0, 0.05) is 46.3 Å².